The fourth-order valence-electron chi connectivity index (χ4n) is 3.37. The Hall–Kier alpha value is -2.60. The average Bonchev–Trinajstić information content (AvgIpc) is 2.74. The number of para-hydroxylation sites is 1. The van der Waals surface area contributed by atoms with Gasteiger partial charge in [-0.15, -0.1) is 0 Å². The van der Waals surface area contributed by atoms with Crippen LogP contribution in [0.15, 0.2) is 42.6 Å². The number of carbonyl (C=O) groups excluding carboxylic acids is 1. The molecule has 0 aliphatic carbocycles. The standard InChI is InChI=1S/C21H28N4O2/c1-3-24-12-14-25(15-13-24)18-9-11-22-19(16-18)21(26)23-10-8-17-6-4-5-7-20(17)27-2/h4-7,9,11,16H,3,8,10,12-15H2,1-2H3,(H,23,26). The highest BCUT2D eigenvalue weighted by atomic mass is 16.5. The van der Waals surface area contributed by atoms with Crippen LogP contribution in [-0.2, 0) is 6.42 Å². The lowest BCUT2D eigenvalue weighted by Crippen LogP contribution is -2.46. The Bertz CT molecular complexity index is 757. The van der Waals surface area contributed by atoms with E-state index in [2.05, 4.69) is 27.0 Å². The Labute approximate surface area is 161 Å². The third kappa shape index (κ3) is 4.98. The van der Waals surface area contributed by atoms with Crippen LogP contribution >= 0.6 is 0 Å². The average molecular weight is 368 g/mol. The van der Waals surface area contributed by atoms with Gasteiger partial charge in [-0.05, 0) is 36.7 Å². The van der Waals surface area contributed by atoms with Gasteiger partial charge in [0.15, 0.2) is 0 Å². The lowest BCUT2D eigenvalue weighted by molar-refractivity contribution is 0.0949. The number of likely N-dealkylation sites (N-methyl/N-ethyl adjacent to an activating group) is 1. The molecule has 3 rings (SSSR count). The maximum Gasteiger partial charge on any atom is 0.269 e. The van der Waals surface area contributed by atoms with Gasteiger partial charge in [0.05, 0.1) is 7.11 Å². The summed E-state index contributed by atoms with van der Waals surface area (Å²) in [6.45, 7) is 7.89. The van der Waals surface area contributed by atoms with Gasteiger partial charge in [-0.25, -0.2) is 0 Å². The highest BCUT2D eigenvalue weighted by Crippen LogP contribution is 2.18. The molecule has 1 N–H and O–H groups in total. The molecule has 6 heteroatoms. The molecule has 6 nitrogen and oxygen atoms in total. The van der Waals surface area contributed by atoms with E-state index in [9.17, 15) is 4.79 Å². The van der Waals surface area contributed by atoms with Crippen molar-refractivity contribution < 1.29 is 9.53 Å². The zero-order chi connectivity index (χ0) is 19.1. The first-order valence-electron chi connectivity index (χ1n) is 9.54. The fraction of sp³-hybridized carbons (Fsp3) is 0.429. The van der Waals surface area contributed by atoms with Gasteiger partial charge in [0.1, 0.15) is 11.4 Å². The van der Waals surface area contributed by atoms with Crippen LogP contribution in [0.5, 0.6) is 5.75 Å². The molecule has 0 radical (unpaired) electrons. The highest BCUT2D eigenvalue weighted by Gasteiger charge is 2.17. The number of piperazine rings is 1. The van der Waals surface area contributed by atoms with Crippen molar-refractivity contribution in [1.82, 2.24) is 15.2 Å². The van der Waals surface area contributed by atoms with E-state index in [1.807, 2.05) is 36.4 Å². The van der Waals surface area contributed by atoms with E-state index in [0.29, 0.717) is 18.7 Å². The summed E-state index contributed by atoms with van der Waals surface area (Å²) in [5.41, 5.74) is 2.61. The Morgan fingerprint density at radius 2 is 1.96 bits per heavy atom. The van der Waals surface area contributed by atoms with Gasteiger partial charge in [-0.3, -0.25) is 9.78 Å². The molecule has 0 bridgehead atoms. The predicted molar refractivity (Wildman–Crippen MR) is 108 cm³/mol. The topological polar surface area (TPSA) is 57.7 Å². The van der Waals surface area contributed by atoms with E-state index in [0.717, 1.165) is 49.7 Å². The molecule has 1 aromatic carbocycles. The predicted octanol–water partition coefficient (Wildman–Crippen LogP) is 2.20. The second-order valence-electron chi connectivity index (χ2n) is 6.64. The molecule has 0 unspecified atom stereocenters. The number of hydrogen-bond donors (Lipinski definition) is 1. The summed E-state index contributed by atoms with van der Waals surface area (Å²) in [5, 5.41) is 2.96. The van der Waals surface area contributed by atoms with Crippen molar-refractivity contribution >= 4 is 11.6 Å². The Balaban J connectivity index is 1.56. The molecule has 27 heavy (non-hydrogen) atoms. The number of methoxy groups -OCH3 is 1. The molecule has 0 atom stereocenters. The van der Waals surface area contributed by atoms with Crippen molar-refractivity contribution in [2.75, 3.05) is 51.3 Å². The minimum Gasteiger partial charge on any atom is -0.496 e. The minimum absolute atomic E-state index is 0.140. The van der Waals surface area contributed by atoms with Gasteiger partial charge in [0, 0.05) is 44.6 Å². The minimum atomic E-state index is -0.140. The molecule has 1 fully saturated rings. The monoisotopic (exact) mass is 368 g/mol. The second kappa shape index (κ2) is 9.37. The lowest BCUT2D eigenvalue weighted by atomic mass is 10.1. The molecule has 1 aliphatic rings. The largest absolute Gasteiger partial charge is 0.496 e. The molecular formula is C21H28N4O2. The van der Waals surface area contributed by atoms with Gasteiger partial charge in [0.25, 0.3) is 5.91 Å². The number of hydrogen-bond acceptors (Lipinski definition) is 5. The summed E-state index contributed by atoms with van der Waals surface area (Å²) in [5.74, 6) is 0.706. The van der Waals surface area contributed by atoms with Crippen LogP contribution in [0.3, 0.4) is 0 Å². The third-order valence-corrected chi connectivity index (χ3v) is 5.03. The van der Waals surface area contributed by atoms with Gasteiger partial charge in [-0.1, -0.05) is 25.1 Å². The van der Waals surface area contributed by atoms with Gasteiger partial charge in [0.2, 0.25) is 0 Å². The molecule has 0 saturated carbocycles. The number of aromatic nitrogens is 1. The van der Waals surface area contributed by atoms with E-state index in [1.54, 1.807) is 13.3 Å². The van der Waals surface area contributed by atoms with Crippen molar-refractivity contribution in [1.29, 1.82) is 0 Å². The van der Waals surface area contributed by atoms with Crippen LogP contribution in [0.25, 0.3) is 0 Å². The number of anilines is 1. The molecule has 1 amide bonds. The van der Waals surface area contributed by atoms with E-state index in [4.69, 9.17) is 4.74 Å². The molecule has 2 aromatic rings. The summed E-state index contributed by atoms with van der Waals surface area (Å²) < 4.78 is 5.35. The SMILES string of the molecule is CCN1CCN(c2ccnc(C(=O)NCCc3ccccc3OC)c2)CC1. The Kier molecular flexibility index (Phi) is 6.65. The van der Waals surface area contributed by atoms with Gasteiger partial charge >= 0.3 is 0 Å². The van der Waals surface area contributed by atoms with Crippen LogP contribution in [0, 0.1) is 0 Å². The van der Waals surface area contributed by atoms with Gasteiger partial charge < -0.3 is 19.9 Å². The van der Waals surface area contributed by atoms with Crippen molar-refractivity contribution in [3.63, 3.8) is 0 Å². The second-order valence-corrected chi connectivity index (χ2v) is 6.64. The number of nitrogens with zero attached hydrogens (tertiary/aromatic N) is 3. The van der Waals surface area contributed by atoms with E-state index in [1.165, 1.54) is 0 Å². The van der Waals surface area contributed by atoms with Crippen LogP contribution in [-0.4, -0.2) is 62.2 Å². The lowest BCUT2D eigenvalue weighted by Gasteiger charge is -2.35. The van der Waals surface area contributed by atoms with Crippen LogP contribution in [0.2, 0.25) is 0 Å². The molecule has 1 aliphatic heterocycles. The summed E-state index contributed by atoms with van der Waals surface area (Å²) >= 11 is 0. The van der Waals surface area contributed by atoms with Crippen LogP contribution in [0.1, 0.15) is 23.0 Å². The molecule has 144 valence electrons. The van der Waals surface area contributed by atoms with E-state index < -0.39 is 0 Å². The number of nitrogens with one attached hydrogen (secondary N) is 1. The maximum absolute atomic E-state index is 12.5. The first kappa shape index (κ1) is 19.2. The first-order valence-corrected chi connectivity index (χ1v) is 9.54. The third-order valence-electron chi connectivity index (χ3n) is 5.03. The van der Waals surface area contributed by atoms with Crippen molar-refractivity contribution in [3.8, 4) is 5.75 Å². The number of pyridine rings is 1. The van der Waals surface area contributed by atoms with Crippen molar-refractivity contribution in [3.05, 3.63) is 53.9 Å². The number of carbonyl (C=O) groups is 1. The van der Waals surface area contributed by atoms with Crippen LogP contribution in [0.4, 0.5) is 5.69 Å². The number of amides is 1. The number of benzene rings is 1. The zero-order valence-electron chi connectivity index (χ0n) is 16.1. The quantitative estimate of drug-likeness (QED) is 0.812. The molecule has 2 heterocycles. The molecule has 1 saturated heterocycles. The normalized spacial score (nSPS) is 14.8. The van der Waals surface area contributed by atoms with E-state index in [-0.39, 0.29) is 5.91 Å². The molecule has 0 spiro atoms. The zero-order valence-corrected chi connectivity index (χ0v) is 16.1. The summed E-state index contributed by atoms with van der Waals surface area (Å²) in [7, 11) is 1.66. The first-order chi connectivity index (χ1) is 13.2. The van der Waals surface area contributed by atoms with E-state index >= 15 is 0 Å². The maximum atomic E-state index is 12.5. The van der Waals surface area contributed by atoms with Crippen LogP contribution < -0.4 is 15.0 Å². The fourth-order valence-corrected chi connectivity index (χ4v) is 3.37. The Morgan fingerprint density at radius 3 is 2.70 bits per heavy atom. The Morgan fingerprint density at radius 1 is 1.19 bits per heavy atom. The van der Waals surface area contributed by atoms with Gasteiger partial charge in [-0.2, -0.15) is 0 Å². The molecule has 1 aromatic heterocycles. The number of ether oxygens (including phenoxy) is 1. The smallest absolute Gasteiger partial charge is 0.269 e. The highest BCUT2D eigenvalue weighted by molar-refractivity contribution is 5.93. The molecular weight excluding hydrogens is 340 g/mol. The van der Waals surface area contributed by atoms with Crippen molar-refractivity contribution in [2.45, 2.75) is 13.3 Å². The summed E-state index contributed by atoms with van der Waals surface area (Å²) in [6, 6.07) is 11.7. The summed E-state index contributed by atoms with van der Waals surface area (Å²) in [4.78, 5) is 21.5. The van der Waals surface area contributed by atoms with Crippen molar-refractivity contribution in [2.24, 2.45) is 0 Å². The summed E-state index contributed by atoms with van der Waals surface area (Å²) in [6.07, 6.45) is 2.44. The number of rotatable bonds is 7.